The molecule has 5 heteroatoms. The van der Waals surface area contributed by atoms with Gasteiger partial charge in [0.1, 0.15) is 0 Å². The Balaban J connectivity index is 1.63. The van der Waals surface area contributed by atoms with Crippen molar-refractivity contribution in [3.63, 3.8) is 0 Å². The van der Waals surface area contributed by atoms with Crippen molar-refractivity contribution in [3.05, 3.63) is 76.2 Å². The van der Waals surface area contributed by atoms with Crippen molar-refractivity contribution in [2.24, 2.45) is 0 Å². The van der Waals surface area contributed by atoms with Crippen molar-refractivity contribution in [2.75, 3.05) is 6.54 Å². The van der Waals surface area contributed by atoms with Gasteiger partial charge in [-0.05, 0) is 23.8 Å². The van der Waals surface area contributed by atoms with Crippen LogP contribution < -0.4 is 11.0 Å². The third-order valence-corrected chi connectivity index (χ3v) is 3.27. The minimum Gasteiger partial charge on any atom is -0.349 e. The van der Waals surface area contributed by atoms with Gasteiger partial charge >= 0.3 is 5.69 Å². The zero-order valence-electron chi connectivity index (χ0n) is 11.8. The Morgan fingerprint density at radius 1 is 1.05 bits per heavy atom. The van der Waals surface area contributed by atoms with Crippen LogP contribution in [0, 0.1) is 0 Å². The summed E-state index contributed by atoms with van der Waals surface area (Å²) in [6.45, 7) is 0.440. The topological polar surface area (TPSA) is 77.8 Å². The number of rotatable bonds is 4. The number of nitrogens with one attached hydrogen (secondary N) is 3. The highest BCUT2D eigenvalue weighted by Gasteiger charge is 2.06. The third kappa shape index (κ3) is 3.15. The number of benzene rings is 2. The van der Waals surface area contributed by atoms with Gasteiger partial charge in [-0.1, -0.05) is 42.5 Å². The van der Waals surface area contributed by atoms with Gasteiger partial charge in [0.15, 0.2) is 0 Å². The molecule has 1 aromatic heterocycles. The molecule has 0 unspecified atom stereocenters. The predicted octanol–water partition coefficient (Wildman–Crippen LogP) is 2.30. The monoisotopic (exact) mass is 293 g/mol. The summed E-state index contributed by atoms with van der Waals surface area (Å²) >= 11 is 0. The van der Waals surface area contributed by atoms with Crippen LogP contribution >= 0.6 is 0 Å². The van der Waals surface area contributed by atoms with Gasteiger partial charge in [-0.15, -0.1) is 0 Å². The van der Waals surface area contributed by atoms with E-state index in [1.54, 1.807) is 18.2 Å². The second-order valence-corrected chi connectivity index (χ2v) is 4.86. The Kier molecular flexibility index (Phi) is 3.87. The van der Waals surface area contributed by atoms with Crippen LogP contribution in [0.15, 0.2) is 59.4 Å². The standard InChI is InChI=1S/C17H15N3O2/c21-16(18-10-4-7-12-5-2-1-3-6-12)13-8-9-14-15(11-13)20-17(22)19-14/h1-9,11H,10H2,(H,18,21)(H2,19,20,22)/b7-4+. The van der Waals surface area contributed by atoms with E-state index in [1.807, 2.05) is 42.5 Å². The average molecular weight is 293 g/mol. The van der Waals surface area contributed by atoms with Crippen LogP contribution in [0.3, 0.4) is 0 Å². The number of carbonyl (C=O) groups is 1. The summed E-state index contributed by atoms with van der Waals surface area (Å²) in [6.07, 6.45) is 3.84. The van der Waals surface area contributed by atoms with E-state index >= 15 is 0 Å². The van der Waals surface area contributed by atoms with Crippen molar-refractivity contribution in [2.45, 2.75) is 0 Å². The van der Waals surface area contributed by atoms with E-state index in [0.29, 0.717) is 23.1 Å². The summed E-state index contributed by atoms with van der Waals surface area (Å²) in [6, 6.07) is 14.9. The molecule has 5 nitrogen and oxygen atoms in total. The number of amides is 1. The van der Waals surface area contributed by atoms with Crippen LogP contribution in [-0.4, -0.2) is 22.4 Å². The molecule has 2 aromatic carbocycles. The van der Waals surface area contributed by atoms with Crippen LogP contribution in [0.5, 0.6) is 0 Å². The van der Waals surface area contributed by atoms with Gasteiger partial charge in [-0.2, -0.15) is 0 Å². The summed E-state index contributed by atoms with van der Waals surface area (Å²) in [7, 11) is 0. The van der Waals surface area contributed by atoms with E-state index in [4.69, 9.17) is 0 Å². The molecule has 0 spiro atoms. The van der Waals surface area contributed by atoms with Crippen LogP contribution in [0.25, 0.3) is 17.1 Å². The fourth-order valence-corrected chi connectivity index (χ4v) is 2.19. The molecule has 0 bridgehead atoms. The van der Waals surface area contributed by atoms with Crippen molar-refractivity contribution in [1.82, 2.24) is 15.3 Å². The number of H-pyrrole nitrogens is 2. The Hall–Kier alpha value is -3.08. The van der Waals surface area contributed by atoms with Gasteiger partial charge in [0.25, 0.3) is 5.91 Å². The summed E-state index contributed by atoms with van der Waals surface area (Å²) in [4.78, 5) is 28.5. The van der Waals surface area contributed by atoms with Gasteiger partial charge in [-0.3, -0.25) is 4.79 Å². The molecule has 22 heavy (non-hydrogen) atoms. The lowest BCUT2D eigenvalue weighted by Gasteiger charge is -2.02. The summed E-state index contributed by atoms with van der Waals surface area (Å²) < 4.78 is 0. The molecule has 3 aromatic rings. The maximum atomic E-state index is 12.1. The lowest BCUT2D eigenvalue weighted by molar-refractivity contribution is 0.0958. The molecule has 0 aliphatic heterocycles. The molecule has 0 saturated carbocycles. The second kappa shape index (κ2) is 6.13. The molecule has 1 amide bonds. The highest BCUT2D eigenvalue weighted by Crippen LogP contribution is 2.10. The number of hydrogen-bond acceptors (Lipinski definition) is 2. The first-order chi connectivity index (χ1) is 10.7. The SMILES string of the molecule is O=C(NC/C=C/c1ccccc1)c1ccc2[nH]c(=O)[nH]c2c1. The number of imidazole rings is 1. The molecule has 3 rings (SSSR count). The first-order valence-electron chi connectivity index (χ1n) is 6.94. The second-order valence-electron chi connectivity index (χ2n) is 4.86. The fraction of sp³-hybridized carbons (Fsp3) is 0.0588. The van der Waals surface area contributed by atoms with Gasteiger partial charge in [-0.25, -0.2) is 4.79 Å². The van der Waals surface area contributed by atoms with Crippen LogP contribution in [0.1, 0.15) is 15.9 Å². The first-order valence-corrected chi connectivity index (χ1v) is 6.94. The van der Waals surface area contributed by atoms with E-state index in [-0.39, 0.29) is 11.6 Å². The number of aromatic amines is 2. The van der Waals surface area contributed by atoms with Gasteiger partial charge < -0.3 is 15.3 Å². The number of aromatic nitrogens is 2. The Labute approximate surface area is 126 Å². The number of carbonyl (C=O) groups excluding carboxylic acids is 1. The van der Waals surface area contributed by atoms with Crippen molar-refractivity contribution in [3.8, 4) is 0 Å². The van der Waals surface area contributed by atoms with E-state index in [9.17, 15) is 9.59 Å². The molecule has 0 aliphatic carbocycles. The molecule has 1 heterocycles. The average Bonchev–Trinajstić information content (AvgIpc) is 2.91. The molecule has 0 saturated heterocycles. The number of fused-ring (bicyclic) bond motifs is 1. The molecule has 0 aliphatic rings. The van der Waals surface area contributed by atoms with Crippen molar-refractivity contribution < 1.29 is 4.79 Å². The minimum absolute atomic E-state index is 0.179. The van der Waals surface area contributed by atoms with Gasteiger partial charge in [0.2, 0.25) is 0 Å². The minimum atomic E-state index is -0.279. The lowest BCUT2D eigenvalue weighted by atomic mass is 10.2. The Morgan fingerprint density at radius 2 is 1.82 bits per heavy atom. The number of hydrogen-bond donors (Lipinski definition) is 3. The maximum Gasteiger partial charge on any atom is 0.323 e. The zero-order chi connectivity index (χ0) is 15.4. The molecular weight excluding hydrogens is 278 g/mol. The summed E-state index contributed by atoms with van der Waals surface area (Å²) in [5.74, 6) is -0.179. The first kappa shape index (κ1) is 13.9. The Bertz CT molecular complexity index is 876. The fourth-order valence-electron chi connectivity index (χ4n) is 2.19. The maximum absolute atomic E-state index is 12.1. The molecule has 3 N–H and O–H groups in total. The van der Waals surface area contributed by atoms with Gasteiger partial charge in [0, 0.05) is 12.1 Å². The molecule has 110 valence electrons. The molecule has 0 fully saturated rings. The normalized spacial score (nSPS) is 11.1. The largest absolute Gasteiger partial charge is 0.349 e. The molecule has 0 radical (unpaired) electrons. The zero-order valence-corrected chi connectivity index (χ0v) is 11.8. The molecular formula is C17H15N3O2. The van der Waals surface area contributed by atoms with Crippen LogP contribution in [0.4, 0.5) is 0 Å². The van der Waals surface area contributed by atoms with E-state index in [0.717, 1.165) is 5.56 Å². The molecule has 0 atom stereocenters. The highest BCUT2D eigenvalue weighted by atomic mass is 16.1. The predicted molar refractivity (Wildman–Crippen MR) is 86.7 cm³/mol. The highest BCUT2D eigenvalue weighted by molar-refractivity contribution is 5.97. The summed E-state index contributed by atoms with van der Waals surface area (Å²) in [5, 5.41) is 2.81. The van der Waals surface area contributed by atoms with E-state index in [1.165, 1.54) is 0 Å². The van der Waals surface area contributed by atoms with Crippen LogP contribution in [0.2, 0.25) is 0 Å². The van der Waals surface area contributed by atoms with E-state index < -0.39 is 0 Å². The third-order valence-electron chi connectivity index (χ3n) is 3.27. The van der Waals surface area contributed by atoms with E-state index in [2.05, 4.69) is 15.3 Å². The van der Waals surface area contributed by atoms with Gasteiger partial charge in [0.05, 0.1) is 11.0 Å². The quantitative estimate of drug-likeness (QED) is 0.690. The summed E-state index contributed by atoms with van der Waals surface area (Å²) in [5.41, 5.74) is 2.63. The smallest absolute Gasteiger partial charge is 0.323 e. The van der Waals surface area contributed by atoms with Crippen molar-refractivity contribution in [1.29, 1.82) is 0 Å². The lowest BCUT2D eigenvalue weighted by Crippen LogP contribution is -2.23. The Morgan fingerprint density at radius 3 is 2.64 bits per heavy atom. The van der Waals surface area contributed by atoms with Crippen molar-refractivity contribution >= 4 is 23.0 Å². The van der Waals surface area contributed by atoms with Crippen LogP contribution in [-0.2, 0) is 0 Å².